The number of carboxylic acid groups (broad SMARTS) is 1. The topological polar surface area (TPSA) is 339 Å². The molecule has 0 bridgehead atoms. The summed E-state index contributed by atoms with van der Waals surface area (Å²) in [6.45, 7) is 0.261. The van der Waals surface area contributed by atoms with Crippen LogP contribution in [0.25, 0.3) is 22.3 Å². The van der Waals surface area contributed by atoms with Crippen molar-refractivity contribution in [3.05, 3.63) is 110 Å². The number of primary amides is 1. The molecule has 8 rings (SSSR count). The maximum absolute atomic E-state index is 15.5. The maximum Gasteiger partial charge on any atom is 0.343 e. The first-order valence-electron chi connectivity index (χ1n) is 26.7. The van der Waals surface area contributed by atoms with E-state index in [4.69, 9.17) is 15.5 Å². The van der Waals surface area contributed by atoms with Gasteiger partial charge in [0.1, 0.15) is 18.5 Å². The normalized spacial score (nSPS) is 17.0. The van der Waals surface area contributed by atoms with Crippen LogP contribution in [0.3, 0.4) is 0 Å². The Morgan fingerprint density at radius 2 is 1.59 bits per heavy atom. The predicted octanol–water partition coefficient (Wildman–Crippen LogP) is 0.167. The molecule has 3 atom stereocenters. The van der Waals surface area contributed by atoms with E-state index in [9.17, 15) is 63.0 Å². The van der Waals surface area contributed by atoms with E-state index < -0.39 is 103 Å². The van der Waals surface area contributed by atoms with Crippen LogP contribution in [0.1, 0.15) is 96.9 Å². The number of rotatable bonds is 26. The van der Waals surface area contributed by atoms with Gasteiger partial charge < -0.3 is 51.4 Å². The predicted molar refractivity (Wildman–Crippen MR) is 285 cm³/mol. The molecule has 0 saturated heterocycles. The largest absolute Gasteiger partial charge is 0.480 e. The number of hydrogen-bond donors (Lipinski definition) is 7. The van der Waals surface area contributed by atoms with Crippen molar-refractivity contribution in [3.63, 3.8) is 0 Å². The number of benzene rings is 2. The standard InChI is InChI=1S/C56H63FN10O14/c1-3-56(80)36-23-41-52-34(27-67(41)53(77)35(36)30-81-55(56)79)51-38(14-13-33-31(2)37(57)24-39(63-52)50(33)51)61-44(70)17-19-64(29-49(75)76)20-21-65(28-42(58)68)54(78)40(22-32-10-6-4-7-11-32)62-46(72)26-60-45(71)25-59-43(69)12-8-5-9-18-66-47(73)15-16-48(66)74/h4,6-7,10-11,15-16,23-24,38,40,80H,3,5,8-9,12-14,17-22,25-30H2,1-2H3,(H2,58,68)(H,59,69)(H,60,71)(H,61,70)(H,62,72)(H,75,76)/t38-,40-,56-/m0/s1. The molecular weight excluding hydrogens is 1060 g/mol. The number of esters is 1. The van der Waals surface area contributed by atoms with Gasteiger partial charge in [0.05, 0.1) is 61.2 Å². The van der Waals surface area contributed by atoms with Gasteiger partial charge in [-0.1, -0.05) is 43.7 Å². The van der Waals surface area contributed by atoms with Crippen LogP contribution in [0, 0.1) is 12.7 Å². The number of unbranched alkanes of at least 4 members (excludes halogenated alkanes) is 2. The fourth-order valence-corrected chi connectivity index (χ4v) is 10.8. The quantitative estimate of drug-likeness (QED) is 0.0220. The molecule has 0 unspecified atom stereocenters. The van der Waals surface area contributed by atoms with E-state index in [1.807, 2.05) is 0 Å². The molecule has 25 heteroatoms. The Labute approximate surface area is 463 Å². The zero-order chi connectivity index (χ0) is 58.3. The molecule has 81 heavy (non-hydrogen) atoms. The molecule has 0 radical (unpaired) electrons. The van der Waals surface area contributed by atoms with Crippen molar-refractivity contribution >= 4 is 70.1 Å². The van der Waals surface area contributed by atoms with Gasteiger partial charge in [0.15, 0.2) is 5.60 Å². The number of imide groups is 1. The van der Waals surface area contributed by atoms with Crippen LogP contribution in [0.15, 0.2) is 59.4 Å². The van der Waals surface area contributed by atoms with Gasteiger partial charge in [-0.3, -0.25) is 57.7 Å². The number of carbonyl (C=O) groups excluding carboxylic acids is 9. The summed E-state index contributed by atoms with van der Waals surface area (Å²) in [5, 5.41) is 32.5. The van der Waals surface area contributed by atoms with Gasteiger partial charge in [0.2, 0.25) is 35.4 Å². The Bertz CT molecular complexity index is 3310. The lowest BCUT2D eigenvalue weighted by Crippen LogP contribution is -2.54. The van der Waals surface area contributed by atoms with Gasteiger partial charge in [0.25, 0.3) is 17.4 Å². The number of ether oxygens (including phenoxy) is 1. The molecule has 428 valence electrons. The minimum atomic E-state index is -2.09. The summed E-state index contributed by atoms with van der Waals surface area (Å²) < 4.78 is 22.2. The first-order chi connectivity index (χ1) is 38.7. The number of nitrogens with two attached hydrogens (primary N) is 1. The van der Waals surface area contributed by atoms with Crippen molar-refractivity contribution in [2.75, 3.05) is 52.4 Å². The number of amides is 8. The first-order valence-corrected chi connectivity index (χ1v) is 26.7. The van der Waals surface area contributed by atoms with Crippen LogP contribution in [0.2, 0.25) is 0 Å². The van der Waals surface area contributed by atoms with Crippen molar-refractivity contribution in [1.82, 2.24) is 45.5 Å². The van der Waals surface area contributed by atoms with Gasteiger partial charge in [-0.25, -0.2) is 14.2 Å². The average molecular weight is 1120 g/mol. The second kappa shape index (κ2) is 25.2. The lowest BCUT2D eigenvalue weighted by molar-refractivity contribution is -0.172. The number of pyridine rings is 2. The number of aromatic nitrogens is 2. The van der Waals surface area contributed by atoms with Crippen LogP contribution >= 0.6 is 0 Å². The van der Waals surface area contributed by atoms with Crippen molar-refractivity contribution in [2.45, 2.75) is 102 Å². The number of aliphatic carboxylic acids is 1. The summed E-state index contributed by atoms with van der Waals surface area (Å²) in [6.07, 6.45) is 4.21. The number of nitrogens with zero attached hydrogens (tertiary/aromatic N) is 5. The zero-order valence-electron chi connectivity index (χ0n) is 44.8. The molecule has 2 aromatic heterocycles. The summed E-state index contributed by atoms with van der Waals surface area (Å²) in [5.41, 5.74) is 7.02. The summed E-state index contributed by atoms with van der Waals surface area (Å²) in [4.78, 5) is 150. The SMILES string of the molecule is CC[C@@]1(O)C(=O)OCc2c1cc1n(c2=O)Cc2c-1nc1cc(F)c(C)c3c1c2[C@@H](NC(=O)CCN(CCN(CC(N)=O)C(=O)[C@H](Cc1ccccc1)NC(=O)CNC(=O)CNC(=O)CCCCCN1C(=O)C=CC1=O)CC(=O)O)CC3. The minimum Gasteiger partial charge on any atom is -0.480 e. The number of aryl methyl sites for hydroxylation is 1. The lowest BCUT2D eigenvalue weighted by atomic mass is 9.81. The number of carbonyl (C=O) groups is 10. The van der Waals surface area contributed by atoms with Crippen LogP contribution in [-0.4, -0.2) is 152 Å². The first kappa shape index (κ1) is 58.4. The molecule has 4 aromatic rings. The Morgan fingerprint density at radius 3 is 2.30 bits per heavy atom. The molecule has 8 amide bonds. The molecule has 0 fully saturated rings. The van der Waals surface area contributed by atoms with Gasteiger partial charge in [-0.05, 0) is 67.3 Å². The zero-order valence-corrected chi connectivity index (χ0v) is 44.8. The fourth-order valence-electron chi connectivity index (χ4n) is 10.8. The van der Waals surface area contributed by atoms with E-state index in [1.165, 1.54) is 27.7 Å². The average Bonchev–Trinajstić information content (AvgIpc) is 4.23. The van der Waals surface area contributed by atoms with Crippen LogP contribution in [-0.2, 0) is 84.3 Å². The van der Waals surface area contributed by atoms with Crippen molar-refractivity contribution in [3.8, 4) is 11.4 Å². The van der Waals surface area contributed by atoms with Crippen molar-refractivity contribution in [2.24, 2.45) is 5.73 Å². The molecule has 24 nitrogen and oxygen atoms in total. The molecule has 8 N–H and O–H groups in total. The second-order valence-electron chi connectivity index (χ2n) is 20.5. The highest BCUT2D eigenvalue weighted by Gasteiger charge is 2.46. The van der Waals surface area contributed by atoms with Crippen LogP contribution < -0.4 is 32.6 Å². The van der Waals surface area contributed by atoms with E-state index in [1.54, 1.807) is 50.2 Å². The third-order valence-electron chi connectivity index (χ3n) is 15.1. The fraction of sp³-hybridized carbons (Fsp3) is 0.429. The van der Waals surface area contributed by atoms with E-state index in [0.29, 0.717) is 76.7 Å². The number of carboxylic acids is 1. The summed E-state index contributed by atoms with van der Waals surface area (Å²) >= 11 is 0. The highest BCUT2D eigenvalue weighted by atomic mass is 19.1. The van der Waals surface area contributed by atoms with Crippen LogP contribution in [0.4, 0.5) is 4.39 Å². The number of hydrogen-bond acceptors (Lipinski definition) is 15. The minimum absolute atomic E-state index is 0.00948. The van der Waals surface area contributed by atoms with Gasteiger partial charge in [0, 0.05) is 80.2 Å². The van der Waals surface area contributed by atoms with E-state index in [2.05, 4.69) is 21.3 Å². The monoisotopic (exact) mass is 1120 g/mol. The van der Waals surface area contributed by atoms with Crippen LogP contribution in [0.5, 0.6) is 0 Å². The Kier molecular flexibility index (Phi) is 18.2. The number of aliphatic hydroxyl groups is 1. The molecule has 5 heterocycles. The molecule has 2 aromatic carbocycles. The van der Waals surface area contributed by atoms with E-state index in [0.717, 1.165) is 9.80 Å². The molecule has 1 aliphatic carbocycles. The molecule has 4 aliphatic rings. The number of halogens is 1. The lowest BCUT2D eigenvalue weighted by Gasteiger charge is -2.31. The van der Waals surface area contributed by atoms with E-state index >= 15 is 4.39 Å². The number of nitrogens with one attached hydrogen (secondary N) is 4. The highest BCUT2D eigenvalue weighted by Crippen LogP contribution is 2.46. The Balaban J connectivity index is 0.905. The smallest absolute Gasteiger partial charge is 0.343 e. The Hall–Kier alpha value is -8.71. The van der Waals surface area contributed by atoms with Gasteiger partial charge in [-0.2, -0.15) is 0 Å². The highest BCUT2D eigenvalue weighted by molar-refractivity contribution is 6.12. The number of fused-ring (bicyclic) bond motifs is 5. The number of cyclic esters (lactones) is 1. The molecule has 3 aliphatic heterocycles. The molecule has 0 spiro atoms. The summed E-state index contributed by atoms with van der Waals surface area (Å²) in [5.74, 6) is -7.52. The molecular formula is C56H63FN10O14. The third kappa shape index (κ3) is 13.2. The maximum atomic E-state index is 15.5. The van der Waals surface area contributed by atoms with Crippen molar-refractivity contribution < 1.29 is 67.3 Å². The molecule has 0 saturated carbocycles. The Morgan fingerprint density at radius 1 is 0.877 bits per heavy atom. The third-order valence-corrected chi connectivity index (χ3v) is 15.1. The van der Waals surface area contributed by atoms with Crippen molar-refractivity contribution in [1.29, 1.82) is 0 Å². The second-order valence-corrected chi connectivity index (χ2v) is 20.5. The summed E-state index contributed by atoms with van der Waals surface area (Å²) in [7, 11) is 0. The van der Waals surface area contributed by atoms with Gasteiger partial charge in [-0.15, -0.1) is 0 Å². The van der Waals surface area contributed by atoms with E-state index in [-0.39, 0.29) is 93.5 Å². The summed E-state index contributed by atoms with van der Waals surface area (Å²) in [6, 6.07) is 9.43. The van der Waals surface area contributed by atoms with Gasteiger partial charge >= 0.3 is 11.9 Å².